The van der Waals surface area contributed by atoms with Gasteiger partial charge < -0.3 is 9.53 Å². The van der Waals surface area contributed by atoms with Crippen LogP contribution in [0.4, 0.5) is 4.79 Å². The maximum atomic E-state index is 12.1. The predicted octanol–water partition coefficient (Wildman–Crippen LogP) is 2.76. The molecule has 0 radical (unpaired) electrons. The Hall–Kier alpha value is -1.06. The van der Waals surface area contributed by atoms with Crippen molar-refractivity contribution >= 4 is 12.4 Å². The number of hydrogen-bond donors (Lipinski definition) is 0. The van der Waals surface area contributed by atoms with Gasteiger partial charge in [-0.15, -0.1) is 0 Å². The average Bonchev–Trinajstić information content (AvgIpc) is 2.60. The molecule has 1 unspecified atom stereocenters. The molecule has 0 saturated carbocycles. The molecule has 1 atom stereocenters. The predicted molar refractivity (Wildman–Crippen MR) is 65.9 cm³/mol. The minimum absolute atomic E-state index is 0.365. The minimum atomic E-state index is -0.628. The summed E-state index contributed by atoms with van der Waals surface area (Å²) >= 11 is 0. The maximum Gasteiger partial charge on any atom is 0.411 e. The molecule has 1 rings (SSSR count). The summed E-state index contributed by atoms with van der Waals surface area (Å²) in [7, 11) is 0. The first-order chi connectivity index (χ1) is 7.84. The lowest BCUT2D eigenvalue weighted by Gasteiger charge is -2.34. The lowest BCUT2D eigenvalue weighted by atomic mass is 9.93. The highest BCUT2D eigenvalue weighted by Gasteiger charge is 2.44. The number of nitrogens with zero attached hydrogens (tertiary/aromatic N) is 1. The fourth-order valence-electron chi connectivity index (χ4n) is 2.37. The molecule has 0 aliphatic carbocycles. The monoisotopic (exact) mass is 241 g/mol. The smallest absolute Gasteiger partial charge is 0.411 e. The summed E-state index contributed by atoms with van der Waals surface area (Å²) in [6, 6.07) is 0. The lowest BCUT2D eigenvalue weighted by Crippen LogP contribution is -2.50. The number of likely N-dealkylation sites (tertiary alicyclic amines) is 1. The number of hydrogen-bond acceptors (Lipinski definition) is 3. The van der Waals surface area contributed by atoms with Gasteiger partial charge >= 0.3 is 6.09 Å². The molecular weight excluding hydrogens is 218 g/mol. The van der Waals surface area contributed by atoms with Crippen LogP contribution in [0, 0.1) is 0 Å². The van der Waals surface area contributed by atoms with Crippen LogP contribution >= 0.6 is 0 Å². The van der Waals surface area contributed by atoms with Crippen molar-refractivity contribution < 1.29 is 14.3 Å². The van der Waals surface area contributed by atoms with Crippen LogP contribution in [0.2, 0.25) is 0 Å². The van der Waals surface area contributed by atoms with E-state index in [2.05, 4.69) is 0 Å². The Morgan fingerprint density at radius 2 is 2.12 bits per heavy atom. The lowest BCUT2D eigenvalue weighted by molar-refractivity contribution is -0.117. The first-order valence-electron chi connectivity index (χ1n) is 6.31. The molecule has 0 aromatic carbocycles. The van der Waals surface area contributed by atoms with Gasteiger partial charge in [-0.2, -0.15) is 0 Å². The highest BCUT2D eigenvalue weighted by Crippen LogP contribution is 2.33. The van der Waals surface area contributed by atoms with Crippen molar-refractivity contribution in [2.75, 3.05) is 6.54 Å². The van der Waals surface area contributed by atoms with Gasteiger partial charge in [0, 0.05) is 6.54 Å². The van der Waals surface area contributed by atoms with E-state index >= 15 is 0 Å². The first-order valence-corrected chi connectivity index (χ1v) is 6.31. The third-order valence-corrected chi connectivity index (χ3v) is 3.05. The molecule has 1 fully saturated rings. The quantitative estimate of drug-likeness (QED) is 0.714. The van der Waals surface area contributed by atoms with E-state index in [-0.39, 0.29) is 6.09 Å². The highest BCUT2D eigenvalue weighted by molar-refractivity contribution is 5.77. The van der Waals surface area contributed by atoms with Gasteiger partial charge in [-0.1, -0.05) is 13.3 Å². The SMILES string of the molecule is CCCC1(C=O)CCCN1C(=O)OC(C)(C)C. The molecule has 1 saturated heterocycles. The summed E-state index contributed by atoms with van der Waals surface area (Å²) in [5.41, 5.74) is -1.14. The van der Waals surface area contributed by atoms with Crippen LogP contribution in [0.5, 0.6) is 0 Å². The number of carbonyl (C=O) groups excluding carboxylic acids is 2. The van der Waals surface area contributed by atoms with Crippen molar-refractivity contribution in [3.8, 4) is 0 Å². The Labute approximate surface area is 103 Å². The molecule has 0 N–H and O–H groups in total. The van der Waals surface area contributed by atoms with E-state index in [0.29, 0.717) is 6.54 Å². The van der Waals surface area contributed by atoms with Crippen molar-refractivity contribution in [3.63, 3.8) is 0 Å². The molecule has 4 heteroatoms. The van der Waals surface area contributed by atoms with E-state index in [1.807, 2.05) is 27.7 Å². The summed E-state index contributed by atoms with van der Waals surface area (Å²) in [6.45, 7) is 8.15. The molecule has 1 heterocycles. The molecule has 0 aromatic heterocycles. The fraction of sp³-hybridized carbons (Fsp3) is 0.846. The Bertz CT molecular complexity index is 296. The van der Waals surface area contributed by atoms with Crippen LogP contribution < -0.4 is 0 Å². The zero-order chi connectivity index (χ0) is 13.1. The highest BCUT2D eigenvalue weighted by atomic mass is 16.6. The molecule has 0 aromatic rings. The van der Waals surface area contributed by atoms with Crippen molar-refractivity contribution in [3.05, 3.63) is 0 Å². The second kappa shape index (κ2) is 5.07. The molecule has 1 amide bonds. The van der Waals surface area contributed by atoms with Crippen LogP contribution in [0.1, 0.15) is 53.4 Å². The van der Waals surface area contributed by atoms with Gasteiger partial charge in [-0.3, -0.25) is 4.90 Å². The number of amides is 1. The van der Waals surface area contributed by atoms with E-state index in [0.717, 1.165) is 32.0 Å². The molecule has 1 aliphatic rings. The standard InChI is InChI=1S/C13H23NO3/c1-5-7-13(10-15)8-6-9-14(13)11(16)17-12(2,3)4/h10H,5-9H2,1-4H3. The molecular formula is C13H23NO3. The van der Waals surface area contributed by atoms with Crippen molar-refractivity contribution in [2.24, 2.45) is 0 Å². The van der Waals surface area contributed by atoms with Crippen LogP contribution in [-0.2, 0) is 9.53 Å². The van der Waals surface area contributed by atoms with E-state index in [9.17, 15) is 9.59 Å². The molecule has 0 bridgehead atoms. The second-order valence-electron chi connectivity index (χ2n) is 5.71. The summed E-state index contributed by atoms with van der Waals surface area (Å²) in [6.07, 6.45) is 3.79. The first kappa shape index (κ1) is 14.0. The summed E-state index contributed by atoms with van der Waals surface area (Å²) < 4.78 is 5.35. The zero-order valence-corrected chi connectivity index (χ0v) is 11.3. The largest absolute Gasteiger partial charge is 0.444 e. The van der Waals surface area contributed by atoms with Crippen molar-refractivity contribution in [2.45, 2.75) is 64.5 Å². The van der Waals surface area contributed by atoms with Gasteiger partial charge in [-0.05, 0) is 40.0 Å². The molecule has 0 spiro atoms. The van der Waals surface area contributed by atoms with Gasteiger partial charge in [0.2, 0.25) is 0 Å². The third kappa shape index (κ3) is 3.20. The van der Waals surface area contributed by atoms with Crippen LogP contribution in [0.25, 0.3) is 0 Å². The Balaban J connectivity index is 2.81. The topological polar surface area (TPSA) is 46.6 Å². The summed E-state index contributed by atoms with van der Waals surface area (Å²) in [5, 5.41) is 0. The van der Waals surface area contributed by atoms with Crippen LogP contribution in [-0.4, -0.2) is 35.0 Å². The number of aldehydes is 1. The molecule has 17 heavy (non-hydrogen) atoms. The van der Waals surface area contributed by atoms with E-state index in [1.165, 1.54) is 0 Å². The summed E-state index contributed by atoms with van der Waals surface area (Å²) in [5.74, 6) is 0. The van der Waals surface area contributed by atoms with E-state index in [1.54, 1.807) is 4.90 Å². The van der Waals surface area contributed by atoms with Crippen molar-refractivity contribution in [1.82, 2.24) is 4.90 Å². The normalized spacial score (nSPS) is 24.8. The van der Waals surface area contributed by atoms with Gasteiger partial charge in [0.25, 0.3) is 0 Å². The van der Waals surface area contributed by atoms with Gasteiger partial charge in [-0.25, -0.2) is 4.79 Å². The van der Waals surface area contributed by atoms with Crippen LogP contribution in [0.15, 0.2) is 0 Å². The van der Waals surface area contributed by atoms with Gasteiger partial charge in [0.1, 0.15) is 17.4 Å². The average molecular weight is 241 g/mol. The van der Waals surface area contributed by atoms with Gasteiger partial charge in [0.05, 0.1) is 0 Å². The van der Waals surface area contributed by atoms with E-state index < -0.39 is 11.1 Å². The van der Waals surface area contributed by atoms with E-state index in [4.69, 9.17) is 4.74 Å². The zero-order valence-electron chi connectivity index (χ0n) is 11.3. The molecule has 1 aliphatic heterocycles. The number of rotatable bonds is 3. The minimum Gasteiger partial charge on any atom is -0.444 e. The Morgan fingerprint density at radius 3 is 2.59 bits per heavy atom. The fourth-order valence-corrected chi connectivity index (χ4v) is 2.37. The van der Waals surface area contributed by atoms with Crippen molar-refractivity contribution in [1.29, 1.82) is 0 Å². The molecule has 98 valence electrons. The molecule has 4 nitrogen and oxygen atoms in total. The maximum absolute atomic E-state index is 12.1. The third-order valence-electron chi connectivity index (χ3n) is 3.05. The number of ether oxygens (including phenoxy) is 1. The summed E-state index contributed by atoms with van der Waals surface area (Å²) in [4.78, 5) is 25.0. The second-order valence-corrected chi connectivity index (χ2v) is 5.71. The number of carbonyl (C=O) groups is 2. The Morgan fingerprint density at radius 1 is 1.47 bits per heavy atom. The Kier molecular flexibility index (Phi) is 4.17. The van der Waals surface area contributed by atoms with Crippen LogP contribution in [0.3, 0.4) is 0 Å². The van der Waals surface area contributed by atoms with Gasteiger partial charge in [0.15, 0.2) is 0 Å².